The third-order valence-corrected chi connectivity index (χ3v) is 3.31. The highest BCUT2D eigenvalue weighted by Crippen LogP contribution is 2.26. The van der Waals surface area contributed by atoms with Crippen LogP contribution in [0.15, 0.2) is 24.3 Å². The van der Waals surface area contributed by atoms with Crippen molar-refractivity contribution in [3.8, 4) is 0 Å². The van der Waals surface area contributed by atoms with E-state index in [-0.39, 0.29) is 12.5 Å². The Morgan fingerprint density at radius 1 is 1.37 bits per heavy atom. The zero-order chi connectivity index (χ0) is 13.7. The molecule has 0 saturated heterocycles. The van der Waals surface area contributed by atoms with Crippen LogP contribution in [-0.4, -0.2) is 41.7 Å². The van der Waals surface area contributed by atoms with Crippen LogP contribution in [0.25, 0.3) is 0 Å². The lowest BCUT2D eigenvalue weighted by Gasteiger charge is -2.20. The molecule has 1 aliphatic carbocycles. The molecule has 4 N–H and O–H groups in total. The number of hydrogen-bond acceptors (Lipinski definition) is 4. The minimum absolute atomic E-state index is 0.0403. The molecular weight excluding hydrogens is 242 g/mol. The first-order chi connectivity index (χ1) is 9.20. The zero-order valence-electron chi connectivity index (χ0n) is 11.0. The van der Waals surface area contributed by atoms with Gasteiger partial charge in [0.2, 0.25) is 5.91 Å². The first-order valence-electron chi connectivity index (χ1n) is 6.70. The summed E-state index contributed by atoms with van der Waals surface area (Å²) in [6, 6.07) is 7.79. The van der Waals surface area contributed by atoms with Gasteiger partial charge in [-0.1, -0.05) is 12.1 Å². The summed E-state index contributed by atoms with van der Waals surface area (Å²) >= 11 is 0. The number of hydrogen-bond donors (Lipinski definition) is 3. The number of nitrogens with two attached hydrogens (primary N) is 1. The van der Waals surface area contributed by atoms with Gasteiger partial charge in [0.25, 0.3) is 0 Å². The van der Waals surface area contributed by atoms with Crippen LogP contribution in [0.2, 0.25) is 0 Å². The number of aliphatic hydroxyl groups excluding tert-OH is 1. The summed E-state index contributed by atoms with van der Waals surface area (Å²) in [5.41, 5.74) is 7.01. The molecule has 1 aromatic carbocycles. The fourth-order valence-electron chi connectivity index (χ4n) is 2.11. The van der Waals surface area contributed by atoms with Crippen molar-refractivity contribution in [2.75, 3.05) is 30.7 Å². The van der Waals surface area contributed by atoms with Crippen LogP contribution in [0.1, 0.15) is 19.3 Å². The average molecular weight is 263 g/mol. The Morgan fingerprint density at radius 3 is 2.74 bits per heavy atom. The van der Waals surface area contributed by atoms with Crippen molar-refractivity contribution < 1.29 is 9.90 Å². The van der Waals surface area contributed by atoms with E-state index in [1.807, 2.05) is 12.1 Å². The van der Waals surface area contributed by atoms with E-state index in [1.165, 1.54) is 12.8 Å². The second kappa shape index (κ2) is 6.54. The van der Waals surface area contributed by atoms with E-state index < -0.39 is 0 Å². The summed E-state index contributed by atoms with van der Waals surface area (Å²) in [5.74, 6) is -0.0403. The molecule has 0 atom stereocenters. The van der Waals surface area contributed by atoms with Crippen molar-refractivity contribution in [1.82, 2.24) is 4.90 Å². The molecular formula is C14H21N3O2. The molecule has 2 rings (SSSR count). The highest BCUT2D eigenvalue weighted by Gasteiger charge is 2.28. The van der Waals surface area contributed by atoms with Gasteiger partial charge in [-0.2, -0.15) is 0 Å². The van der Waals surface area contributed by atoms with Crippen molar-refractivity contribution in [1.29, 1.82) is 0 Å². The number of benzene rings is 1. The molecule has 104 valence electrons. The summed E-state index contributed by atoms with van der Waals surface area (Å²) in [6.07, 6.45) is 2.77. The molecule has 0 aliphatic heterocycles. The van der Waals surface area contributed by atoms with Crippen LogP contribution in [0.4, 0.5) is 11.4 Å². The van der Waals surface area contributed by atoms with Crippen molar-refractivity contribution in [2.24, 2.45) is 0 Å². The number of amides is 1. The second-order valence-electron chi connectivity index (χ2n) is 4.88. The standard InChI is InChI=1S/C14H21N3O2/c15-12-3-1-2-4-13(12)16-14(19)7-8-17(9-10-18)11-5-6-11/h1-4,11,18H,5-10,15H2,(H,16,19). The Morgan fingerprint density at radius 2 is 2.11 bits per heavy atom. The Kier molecular flexibility index (Phi) is 4.76. The fraction of sp³-hybridized carbons (Fsp3) is 0.500. The molecule has 1 fully saturated rings. The summed E-state index contributed by atoms with van der Waals surface area (Å²) in [4.78, 5) is 14.0. The van der Waals surface area contributed by atoms with Gasteiger partial charge in [-0.25, -0.2) is 0 Å². The quantitative estimate of drug-likeness (QED) is 0.643. The molecule has 0 radical (unpaired) electrons. The molecule has 1 amide bonds. The van der Waals surface area contributed by atoms with E-state index in [9.17, 15) is 4.79 Å². The van der Waals surface area contributed by atoms with Gasteiger partial charge < -0.3 is 16.2 Å². The Hall–Kier alpha value is -1.59. The van der Waals surface area contributed by atoms with E-state index >= 15 is 0 Å². The third kappa shape index (κ3) is 4.22. The highest BCUT2D eigenvalue weighted by atomic mass is 16.3. The molecule has 0 aromatic heterocycles. The Balaban J connectivity index is 1.79. The van der Waals surface area contributed by atoms with E-state index in [2.05, 4.69) is 10.2 Å². The lowest BCUT2D eigenvalue weighted by molar-refractivity contribution is -0.116. The van der Waals surface area contributed by atoms with E-state index in [4.69, 9.17) is 10.8 Å². The van der Waals surface area contributed by atoms with Gasteiger partial charge in [0.1, 0.15) is 0 Å². The van der Waals surface area contributed by atoms with Gasteiger partial charge in [-0.15, -0.1) is 0 Å². The predicted molar refractivity (Wildman–Crippen MR) is 75.8 cm³/mol. The van der Waals surface area contributed by atoms with Crippen LogP contribution >= 0.6 is 0 Å². The lowest BCUT2D eigenvalue weighted by Crippen LogP contribution is -2.32. The van der Waals surface area contributed by atoms with E-state index in [0.717, 1.165) is 0 Å². The lowest BCUT2D eigenvalue weighted by atomic mass is 10.2. The van der Waals surface area contributed by atoms with Crippen molar-refractivity contribution in [3.63, 3.8) is 0 Å². The minimum atomic E-state index is -0.0403. The van der Waals surface area contributed by atoms with Crippen molar-refractivity contribution in [2.45, 2.75) is 25.3 Å². The number of anilines is 2. The van der Waals surface area contributed by atoms with Gasteiger partial charge in [-0.3, -0.25) is 9.69 Å². The zero-order valence-corrected chi connectivity index (χ0v) is 11.0. The van der Waals surface area contributed by atoms with E-state index in [0.29, 0.717) is 36.9 Å². The second-order valence-corrected chi connectivity index (χ2v) is 4.88. The first kappa shape index (κ1) is 13.8. The monoisotopic (exact) mass is 263 g/mol. The van der Waals surface area contributed by atoms with Crippen LogP contribution in [0, 0.1) is 0 Å². The maximum absolute atomic E-state index is 11.9. The summed E-state index contributed by atoms with van der Waals surface area (Å²) in [7, 11) is 0. The molecule has 0 unspecified atom stereocenters. The molecule has 0 spiro atoms. The number of nitrogen functional groups attached to an aromatic ring is 1. The number of nitrogens with one attached hydrogen (secondary N) is 1. The minimum Gasteiger partial charge on any atom is -0.397 e. The van der Waals surface area contributed by atoms with Crippen LogP contribution in [0.5, 0.6) is 0 Å². The summed E-state index contributed by atoms with van der Waals surface area (Å²) in [5, 5.41) is 11.8. The first-order valence-corrected chi connectivity index (χ1v) is 6.70. The number of carbonyl (C=O) groups is 1. The van der Waals surface area contributed by atoms with Gasteiger partial charge in [0.05, 0.1) is 18.0 Å². The smallest absolute Gasteiger partial charge is 0.225 e. The van der Waals surface area contributed by atoms with E-state index in [1.54, 1.807) is 12.1 Å². The molecule has 1 aliphatic rings. The van der Waals surface area contributed by atoms with Gasteiger partial charge in [-0.05, 0) is 25.0 Å². The topological polar surface area (TPSA) is 78.6 Å². The number of rotatable bonds is 7. The Labute approximate surface area is 113 Å². The van der Waals surface area contributed by atoms with Crippen molar-refractivity contribution >= 4 is 17.3 Å². The largest absolute Gasteiger partial charge is 0.397 e. The maximum atomic E-state index is 11.9. The van der Waals surface area contributed by atoms with Crippen LogP contribution < -0.4 is 11.1 Å². The highest BCUT2D eigenvalue weighted by molar-refractivity contribution is 5.93. The number of carbonyl (C=O) groups excluding carboxylic acids is 1. The molecule has 0 bridgehead atoms. The summed E-state index contributed by atoms with van der Waals surface area (Å²) < 4.78 is 0. The van der Waals surface area contributed by atoms with Gasteiger partial charge >= 0.3 is 0 Å². The number of nitrogens with zero attached hydrogens (tertiary/aromatic N) is 1. The van der Waals surface area contributed by atoms with Crippen LogP contribution in [0.3, 0.4) is 0 Å². The molecule has 19 heavy (non-hydrogen) atoms. The SMILES string of the molecule is Nc1ccccc1NC(=O)CCN(CCO)C1CC1. The molecule has 5 nitrogen and oxygen atoms in total. The fourth-order valence-corrected chi connectivity index (χ4v) is 2.11. The molecule has 5 heteroatoms. The third-order valence-electron chi connectivity index (χ3n) is 3.31. The van der Waals surface area contributed by atoms with Crippen molar-refractivity contribution in [3.05, 3.63) is 24.3 Å². The number of aliphatic hydroxyl groups is 1. The Bertz CT molecular complexity index is 432. The normalized spacial score (nSPS) is 14.6. The summed E-state index contributed by atoms with van der Waals surface area (Å²) in [6.45, 7) is 1.47. The van der Waals surface area contributed by atoms with Gasteiger partial charge in [0.15, 0.2) is 0 Å². The molecule has 1 aromatic rings. The molecule has 0 heterocycles. The molecule has 1 saturated carbocycles. The average Bonchev–Trinajstić information content (AvgIpc) is 3.21. The predicted octanol–water partition coefficient (Wildman–Crippen LogP) is 1.05. The van der Waals surface area contributed by atoms with Gasteiger partial charge in [0, 0.05) is 25.6 Å². The number of para-hydroxylation sites is 2. The van der Waals surface area contributed by atoms with Crippen LogP contribution in [-0.2, 0) is 4.79 Å². The maximum Gasteiger partial charge on any atom is 0.225 e.